The summed E-state index contributed by atoms with van der Waals surface area (Å²) in [4.78, 5) is 11.8. The smallest absolute Gasteiger partial charge is 0.306 e. The van der Waals surface area contributed by atoms with Gasteiger partial charge in [0.2, 0.25) is 0 Å². The van der Waals surface area contributed by atoms with E-state index in [0.717, 1.165) is 27.9 Å². The van der Waals surface area contributed by atoms with Crippen molar-refractivity contribution in [1.82, 2.24) is 5.43 Å². The van der Waals surface area contributed by atoms with Crippen molar-refractivity contribution in [2.45, 2.75) is 13.8 Å². The normalized spacial score (nSPS) is 10.2. The molecule has 0 heterocycles. The summed E-state index contributed by atoms with van der Waals surface area (Å²) in [6, 6.07) is 12.8. The Labute approximate surface area is 130 Å². The zero-order chi connectivity index (χ0) is 15.9. The van der Waals surface area contributed by atoms with E-state index in [1.165, 1.54) is 0 Å². The molecule has 0 saturated carbocycles. The van der Waals surface area contributed by atoms with Crippen molar-refractivity contribution in [2.24, 2.45) is 5.10 Å². The molecular formula is C18H17N3O. The Morgan fingerprint density at radius 3 is 2.36 bits per heavy atom. The molecule has 0 aromatic heterocycles. The summed E-state index contributed by atoms with van der Waals surface area (Å²) in [5.74, 6) is 2.54. The van der Waals surface area contributed by atoms with Gasteiger partial charge in [0.15, 0.2) is 0 Å². The van der Waals surface area contributed by atoms with Gasteiger partial charge in [0.25, 0.3) is 0 Å². The molecule has 2 amide bonds. The molecule has 0 saturated heterocycles. The predicted octanol–water partition coefficient (Wildman–Crippen LogP) is 3.44. The third-order valence-corrected chi connectivity index (χ3v) is 3.18. The van der Waals surface area contributed by atoms with Crippen LogP contribution in [0, 0.1) is 26.2 Å². The van der Waals surface area contributed by atoms with Crippen LogP contribution in [0.25, 0.3) is 0 Å². The van der Waals surface area contributed by atoms with E-state index >= 15 is 0 Å². The number of carbonyl (C=O) groups excluding carboxylic acids is 1. The van der Waals surface area contributed by atoms with E-state index in [9.17, 15) is 4.79 Å². The van der Waals surface area contributed by atoms with E-state index in [1.54, 1.807) is 6.21 Å². The van der Waals surface area contributed by atoms with Crippen LogP contribution in [0.5, 0.6) is 0 Å². The van der Waals surface area contributed by atoms with Gasteiger partial charge in [-0.15, -0.1) is 6.42 Å². The summed E-state index contributed by atoms with van der Waals surface area (Å²) in [5.41, 5.74) is 6.91. The Balaban J connectivity index is 1.95. The number of para-hydroxylation sites is 1. The first-order chi connectivity index (χ1) is 10.6. The van der Waals surface area contributed by atoms with Crippen molar-refractivity contribution in [3.63, 3.8) is 0 Å². The third kappa shape index (κ3) is 3.97. The van der Waals surface area contributed by atoms with Crippen molar-refractivity contribution >= 4 is 17.9 Å². The van der Waals surface area contributed by atoms with E-state index < -0.39 is 0 Å². The van der Waals surface area contributed by atoms with E-state index in [-0.39, 0.29) is 6.03 Å². The average Bonchev–Trinajstić information content (AvgIpc) is 2.52. The zero-order valence-corrected chi connectivity index (χ0v) is 12.6. The van der Waals surface area contributed by atoms with Crippen LogP contribution < -0.4 is 10.7 Å². The lowest BCUT2D eigenvalue weighted by Gasteiger charge is -2.10. The molecule has 2 rings (SSSR count). The van der Waals surface area contributed by atoms with Gasteiger partial charge in [0, 0.05) is 11.3 Å². The molecule has 2 N–H and O–H groups in total. The Morgan fingerprint density at radius 2 is 1.77 bits per heavy atom. The number of anilines is 1. The first kappa shape index (κ1) is 15.3. The van der Waals surface area contributed by atoms with Crippen LogP contribution in [-0.4, -0.2) is 12.2 Å². The number of rotatable bonds is 3. The molecule has 110 valence electrons. The van der Waals surface area contributed by atoms with Crippen molar-refractivity contribution in [3.05, 3.63) is 64.7 Å². The minimum absolute atomic E-state index is 0.381. The maximum atomic E-state index is 11.8. The molecule has 4 heteroatoms. The molecule has 2 aromatic carbocycles. The van der Waals surface area contributed by atoms with Gasteiger partial charge in [-0.1, -0.05) is 36.3 Å². The fourth-order valence-corrected chi connectivity index (χ4v) is 1.98. The van der Waals surface area contributed by atoms with E-state index in [2.05, 4.69) is 21.8 Å². The van der Waals surface area contributed by atoms with Crippen LogP contribution >= 0.6 is 0 Å². The summed E-state index contributed by atoms with van der Waals surface area (Å²) in [6.45, 7) is 3.89. The number of nitrogens with zero attached hydrogens (tertiary/aromatic N) is 1. The standard InChI is InChI=1S/C18H17N3O/c1-4-15-8-10-16(11-9-15)12-19-21-18(22)20-17-13(2)6-5-7-14(17)3/h1,5-12H,2-3H3,(H2,20,21,22)/b19-12+. The molecule has 0 spiro atoms. The number of nitrogens with one attached hydrogen (secondary N) is 2. The Morgan fingerprint density at radius 1 is 1.14 bits per heavy atom. The molecule has 0 aliphatic rings. The second kappa shape index (κ2) is 7.09. The monoisotopic (exact) mass is 291 g/mol. The number of amides is 2. The lowest BCUT2D eigenvalue weighted by Crippen LogP contribution is -2.25. The highest BCUT2D eigenvalue weighted by molar-refractivity contribution is 5.91. The number of benzene rings is 2. The molecular weight excluding hydrogens is 274 g/mol. The highest BCUT2D eigenvalue weighted by atomic mass is 16.2. The number of hydrazone groups is 1. The number of hydrogen-bond acceptors (Lipinski definition) is 2. The second-order valence-corrected chi connectivity index (χ2v) is 4.86. The number of aryl methyl sites for hydroxylation is 2. The predicted molar refractivity (Wildman–Crippen MR) is 90.0 cm³/mol. The fraction of sp³-hybridized carbons (Fsp3) is 0.111. The maximum Gasteiger partial charge on any atom is 0.339 e. The Kier molecular flexibility index (Phi) is 4.94. The van der Waals surface area contributed by atoms with Crippen LogP contribution in [0.3, 0.4) is 0 Å². The lowest BCUT2D eigenvalue weighted by molar-refractivity contribution is 0.252. The van der Waals surface area contributed by atoms with Crippen molar-refractivity contribution < 1.29 is 4.79 Å². The van der Waals surface area contributed by atoms with Gasteiger partial charge in [-0.3, -0.25) is 0 Å². The lowest BCUT2D eigenvalue weighted by atomic mass is 10.1. The Hall–Kier alpha value is -3.06. The van der Waals surface area contributed by atoms with Crippen molar-refractivity contribution in [1.29, 1.82) is 0 Å². The summed E-state index contributed by atoms with van der Waals surface area (Å²) < 4.78 is 0. The summed E-state index contributed by atoms with van der Waals surface area (Å²) >= 11 is 0. The summed E-state index contributed by atoms with van der Waals surface area (Å²) in [5, 5.41) is 6.71. The van der Waals surface area contributed by atoms with E-state index in [1.807, 2.05) is 56.3 Å². The van der Waals surface area contributed by atoms with Crippen molar-refractivity contribution in [3.8, 4) is 12.3 Å². The van der Waals surface area contributed by atoms with E-state index in [0.29, 0.717) is 0 Å². The van der Waals surface area contributed by atoms with Crippen molar-refractivity contribution in [2.75, 3.05) is 5.32 Å². The number of terminal acetylenes is 1. The zero-order valence-electron chi connectivity index (χ0n) is 12.6. The topological polar surface area (TPSA) is 53.5 Å². The SMILES string of the molecule is C#Cc1ccc(/C=N/NC(=O)Nc2c(C)cccc2C)cc1. The average molecular weight is 291 g/mol. The third-order valence-electron chi connectivity index (χ3n) is 3.18. The molecule has 0 radical (unpaired) electrons. The molecule has 4 nitrogen and oxygen atoms in total. The van der Waals surface area contributed by atoms with Gasteiger partial charge < -0.3 is 5.32 Å². The summed E-state index contributed by atoms with van der Waals surface area (Å²) in [7, 11) is 0. The van der Waals surface area contributed by atoms with Crippen LogP contribution in [0.15, 0.2) is 47.6 Å². The molecule has 22 heavy (non-hydrogen) atoms. The minimum atomic E-state index is -0.381. The van der Waals surface area contributed by atoms with Gasteiger partial charge >= 0.3 is 6.03 Å². The van der Waals surface area contributed by atoms with Crippen LogP contribution in [0.2, 0.25) is 0 Å². The Bertz CT molecular complexity index is 720. The van der Waals surface area contributed by atoms with Gasteiger partial charge in [-0.25, -0.2) is 10.2 Å². The van der Waals surface area contributed by atoms with Gasteiger partial charge in [0.05, 0.1) is 6.21 Å². The summed E-state index contributed by atoms with van der Waals surface area (Å²) in [6.07, 6.45) is 6.85. The molecule has 0 unspecified atom stereocenters. The molecule has 0 bridgehead atoms. The molecule has 2 aromatic rings. The second-order valence-electron chi connectivity index (χ2n) is 4.86. The van der Waals surface area contributed by atoms with Gasteiger partial charge in [-0.05, 0) is 42.7 Å². The van der Waals surface area contributed by atoms with Crippen LogP contribution in [-0.2, 0) is 0 Å². The number of carbonyl (C=O) groups is 1. The van der Waals surface area contributed by atoms with Crippen LogP contribution in [0.4, 0.5) is 10.5 Å². The first-order valence-corrected chi connectivity index (χ1v) is 6.83. The van der Waals surface area contributed by atoms with Gasteiger partial charge in [0.1, 0.15) is 0 Å². The highest BCUT2D eigenvalue weighted by Gasteiger charge is 2.05. The minimum Gasteiger partial charge on any atom is -0.306 e. The van der Waals surface area contributed by atoms with Crippen LogP contribution in [0.1, 0.15) is 22.3 Å². The number of hydrogen-bond donors (Lipinski definition) is 2. The largest absolute Gasteiger partial charge is 0.339 e. The molecule has 0 fully saturated rings. The van der Waals surface area contributed by atoms with E-state index in [4.69, 9.17) is 6.42 Å². The number of urea groups is 1. The highest BCUT2D eigenvalue weighted by Crippen LogP contribution is 2.18. The quantitative estimate of drug-likeness (QED) is 0.508. The molecule has 0 aliphatic carbocycles. The maximum absolute atomic E-state index is 11.8. The molecule has 0 aliphatic heterocycles. The molecule has 0 atom stereocenters. The fourth-order valence-electron chi connectivity index (χ4n) is 1.98. The first-order valence-electron chi connectivity index (χ1n) is 6.83. The van der Waals surface area contributed by atoms with Gasteiger partial charge in [-0.2, -0.15) is 5.10 Å².